The number of unbranched alkanes of at least 4 members (excludes halogenated alkanes) is 1. The van der Waals surface area contributed by atoms with Crippen molar-refractivity contribution < 1.29 is 8.42 Å². The normalized spacial score (nSPS) is 11.7. The SMILES string of the molecule is O=S(=O)(NCCCCCl)c1cc(Cl)ccc1Cl. The molecular weight excluding hydrogens is 305 g/mol. The Morgan fingerprint density at radius 3 is 2.53 bits per heavy atom. The van der Waals surface area contributed by atoms with Gasteiger partial charge in [0.1, 0.15) is 4.90 Å². The molecule has 0 atom stereocenters. The molecule has 0 radical (unpaired) electrons. The lowest BCUT2D eigenvalue weighted by molar-refractivity contribution is 0.578. The van der Waals surface area contributed by atoms with E-state index in [2.05, 4.69) is 4.72 Å². The number of rotatable bonds is 6. The second-order valence-corrected chi connectivity index (χ2v) is 6.33. The van der Waals surface area contributed by atoms with Gasteiger partial charge in [0.15, 0.2) is 0 Å². The van der Waals surface area contributed by atoms with Crippen molar-refractivity contribution in [3.05, 3.63) is 28.2 Å². The molecule has 0 aromatic heterocycles. The highest BCUT2D eigenvalue weighted by atomic mass is 35.5. The van der Waals surface area contributed by atoms with Gasteiger partial charge < -0.3 is 0 Å². The van der Waals surface area contributed by atoms with Gasteiger partial charge >= 0.3 is 0 Å². The van der Waals surface area contributed by atoms with E-state index in [0.717, 1.165) is 6.42 Å². The molecule has 7 heteroatoms. The zero-order valence-corrected chi connectivity index (χ0v) is 12.0. The van der Waals surface area contributed by atoms with Gasteiger partial charge in [-0.2, -0.15) is 0 Å². The summed E-state index contributed by atoms with van der Waals surface area (Å²) in [6, 6.07) is 4.32. The number of benzene rings is 1. The number of hydrogen-bond acceptors (Lipinski definition) is 2. The molecule has 0 bridgehead atoms. The molecular formula is C10H12Cl3NO2S. The number of alkyl halides is 1. The molecule has 0 heterocycles. The van der Waals surface area contributed by atoms with Crippen LogP contribution in [0.15, 0.2) is 23.1 Å². The van der Waals surface area contributed by atoms with Crippen molar-refractivity contribution in [2.24, 2.45) is 0 Å². The van der Waals surface area contributed by atoms with E-state index in [4.69, 9.17) is 34.8 Å². The highest BCUT2D eigenvalue weighted by Crippen LogP contribution is 2.24. The molecule has 0 aliphatic carbocycles. The zero-order chi connectivity index (χ0) is 12.9. The maximum absolute atomic E-state index is 11.9. The van der Waals surface area contributed by atoms with E-state index in [-0.39, 0.29) is 9.92 Å². The number of nitrogens with one attached hydrogen (secondary N) is 1. The topological polar surface area (TPSA) is 46.2 Å². The predicted octanol–water partition coefficient (Wildman–Crippen LogP) is 3.29. The summed E-state index contributed by atoms with van der Waals surface area (Å²) >= 11 is 17.1. The van der Waals surface area contributed by atoms with Gasteiger partial charge in [0.2, 0.25) is 10.0 Å². The van der Waals surface area contributed by atoms with E-state index in [1.54, 1.807) is 0 Å². The van der Waals surface area contributed by atoms with Crippen molar-refractivity contribution in [1.29, 1.82) is 0 Å². The quantitative estimate of drug-likeness (QED) is 0.646. The molecule has 0 saturated carbocycles. The molecule has 0 amide bonds. The largest absolute Gasteiger partial charge is 0.242 e. The number of hydrogen-bond donors (Lipinski definition) is 1. The van der Waals surface area contributed by atoms with Crippen molar-refractivity contribution in [2.45, 2.75) is 17.7 Å². The van der Waals surface area contributed by atoms with Gasteiger partial charge in [0.05, 0.1) is 5.02 Å². The fourth-order valence-electron chi connectivity index (χ4n) is 1.19. The molecule has 0 fully saturated rings. The van der Waals surface area contributed by atoms with Crippen molar-refractivity contribution in [3.63, 3.8) is 0 Å². The van der Waals surface area contributed by atoms with Crippen molar-refractivity contribution >= 4 is 44.8 Å². The van der Waals surface area contributed by atoms with Gasteiger partial charge in [0.25, 0.3) is 0 Å². The van der Waals surface area contributed by atoms with Crippen LogP contribution in [0.3, 0.4) is 0 Å². The Morgan fingerprint density at radius 2 is 1.88 bits per heavy atom. The zero-order valence-electron chi connectivity index (χ0n) is 8.92. The third-order valence-electron chi connectivity index (χ3n) is 2.04. The molecule has 17 heavy (non-hydrogen) atoms. The van der Waals surface area contributed by atoms with E-state index in [9.17, 15) is 8.42 Å². The molecule has 0 aliphatic rings. The van der Waals surface area contributed by atoms with E-state index < -0.39 is 10.0 Å². The second kappa shape index (κ2) is 6.81. The van der Waals surface area contributed by atoms with Crippen LogP contribution in [0.4, 0.5) is 0 Å². The lowest BCUT2D eigenvalue weighted by atomic mass is 10.3. The standard InChI is InChI=1S/C10H12Cl3NO2S/c11-5-1-2-6-14-17(15,16)10-7-8(12)3-4-9(10)13/h3-4,7,14H,1-2,5-6H2. The van der Waals surface area contributed by atoms with E-state index in [1.807, 2.05) is 0 Å². The minimum Gasteiger partial charge on any atom is -0.211 e. The van der Waals surface area contributed by atoms with Crippen LogP contribution in [0.1, 0.15) is 12.8 Å². The van der Waals surface area contributed by atoms with Crippen molar-refractivity contribution in [2.75, 3.05) is 12.4 Å². The summed E-state index contributed by atoms with van der Waals surface area (Å²) in [6.45, 7) is 0.331. The monoisotopic (exact) mass is 315 g/mol. The third-order valence-corrected chi connectivity index (χ3v) is 4.48. The van der Waals surface area contributed by atoms with E-state index in [1.165, 1.54) is 18.2 Å². The highest BCUT2D eigenvalue weighted by molar-refractivity contribution is 7.89. The molecule has 1 rings (SSSR count). The number of sulfonamides is 1. The third kappa shape index (κ3) is 4.64. The van der Waals surface area contributed by atoms with Gasteiger partial charge in [-0.1, -0.05) is 23.2 Å². The Labute approximate surface area is 116 Å². The predicted molar refractivity (Wildman–Crippen MR) is 71.6 cm³/mol. The molecule has 1 aromatic rings. The first-order valence-corrected chi connectivity index (χ1v) is 7.75. The Kier molecular flexibility index (Phi) is 6.03. The Bertz CT molecular complexity index is 476. The summed E-state index contributed by atoms with van der Waals surface area (Å²) in [4.78, 5) is -0.00228. The average molecular weight is 317 g/mol. The summed E-state index contributed by atoms with van der Waals surface area (Å²) in [5, 5.41) is 0.481. The summed E-state index contributed by atoms with van der Waals surface area (Å²) < 4.78 is 26.2. The van der Waals surface area contributed by atoms with Crippen LogP contribution in [-0.4, -0.2) is 20.8 Å². The Morgan fingerprint density at radius 1 is 1.18 bits per heavy atom. The van der Waals surface area contributed by atoms with Crippen LogP contribution in [0.2, 0.25) is 10.0 Å². The van der Waals surface area contributed by atoms with Crippen LogP contribution < -0.4 is 4.72 Å². The average Bonchev–Trinajstić information content (AvgIpc) is 2.28. The summed E-state index contributed by atoms with van der Waals surface area (Å²) in [7, 11) is -3.60. The van der Waals surface area contributed by atoms with Gasteiger partial charge in [-0.3, -0.25) is 0 Å². The second-order valence-electron chi connectivity index (χ2n) is 3.37. The lowest BCUT2D eigenvalue weighted by Gasteiger charge is -2.08. The van der Waals surface area contributed by atoms with E-state index >= 15 is 0 Å². The van der Waals surface area contributed by atoms with Gasteiger partial charge in [0, 0.05) is 17.4 Å². The fraction of sp³-hybridized carbons (Fsp3) is 0.400. The Hall–Kier alpha value is -0.000000000000000167. The fourth-order valence-corrected chi connectivity index (χ4v) is 3.21. The minimum absolute atomic E-state index is 0.00228. The van der Waals surface area contributed by atoms with Crippen molar-refractivity contribution in [1.82, 2.24) is 4.72 Å². The first-order chi connectivity index (χ1) is 7.97. The van der Waals surface area contributed by atoms with Crippen LogP contribution in [0.25, 0.3) is 0 Å². The van der Waals surface area contributed by atoms with E-state index in [0.29, 0.717) is 23.9 Å². The van der Waals surface area contributed by atoms with Gasteiger partial charge in [-0.25, -0.2) is 13.1 Å². The highest BCUT2D eigenvalue weighted by Gasteiger charge is 2.17. The molecule has 0 aliphatic heterocycles. The van der Waals surface area contributed by atoms with Crippen LogP contribution in [-0.2, 0) is 10.0 Å². The molecule has 1 aromatic carbocycles. The maximum atomic E-state index is 11.9. The van der Waals surface area contributed by atoms with Crippen LogP contribution >= 0.6 is 34.8 Å². The molecule has 0 unspecified atom stereocenters. The first kappa shape index (κ1) is 15.1. The lowest BCUT2D eigenvalue weighted by Crippen LogP contribution is -2.25. The molecule has 1 N–H and O–H groups in total. The molecule has 3 nitrogen and oxygen atoms in total. The van der Waals surface area contributed by atoms with Crippen molar-refractivity contribution in [3.8, 4) is 0 Å². The maximum Gasteiger partial charge on any atom is 0.242 e. The van der Waals surface area contributed by atoms with Gasteiger partial charge in [-0.15, -0.1) is 11.6 Å². The van der Waals surface area contributed by atoms with Crippen LogP contribution in [0, 0.1) is 0 Å². The Balaban J connectivity index is 2.79. The molecule has 0 spiro atoms. The summed E-state index contributed by atoms with van der Waals surface area (Å²) in [5.41, 5.74) is 0. The van der Waals surface area contributed by atoms with Gasteiger partial charge in [-0.05, 0) is 31.0 Å². The first-order valence-electron chi connectivity index (χ1n) is 4.98. The smallest absolute Gasteiger partial charge is 0.211 e. The summed E-state index contributed by atoms with van der Waals surface area (Å²) in [5.74, 6) is 0.514. The summed E-state index contributed by atoms with van der Waals surface area (Å²) in [6.07, 6.45) is 1.44. The number of halogens is 3. The molecule has 96 valence electrons. The minimum atomic E-state index is -3.60. The molecule has 0 saturated heterocycles. The van der Waals surface area contributed by atoms with Crippen LogP contribution in [0.5, 0.6) is 0 Å².